The van der Waals surface area contributed by atoms with E-state index in [0.29, 0.717) is 62.2 Å². The van der Waals surface area contributed by atoms with Gasteiger partial charge in [0, 0.05) is 106 Å². The molecule has 0 spiro atoms. The number of hydrogen-bond acceptors (Lipinski definition) is 17. The number of fused-ring (bicyclic) bond motifs is 6. The van der Waals surface area contributed by atoms with E-state index >= 15 is 0 Å². The third-order valence-corrected chi connectivity index (χ3v) is 18.2. The van der Waals surface area contributed by atoms with Crippen molar-refractivity contribution in [3.05, 3.63) is 125 Å². The molecule has 23 nitrogen and oxygen atoms in total. The third kappa shape index (κ3) is 11.8. The zero-order valence-corrected chi connectivity index (χ0v) is 47.9. The highest BCUT2D eigenvalue weighted by molar-refractivity contribution is 7.87. The lowest BCUT2D eigenvalue weighted by atomic mass is 9.74. The SMILES string of the molecule is COCCN1/C(=C/C=C(/C=C/C2=[N+](CCOC)c3ccc4c(S(=O)(=O)O)cc(S(=O)(=O)O)cc4c3C2(C)CCOC)c2ccc(C(=O)ON3C(=O)CCC3=O)cc2)C(C)(CCOC)c2c1ccc1c(S(=O)(=O)O)cc(S(=O)(=O)O)cc21. The van der Waals surface area contributed by atoms with Gasteiger partial charge in [-0.15, -0.1) is 5.06 Å². The van der Waals surface area contributed by atoms with Gasteiger partial charge in [-0.25, -0.2) is 4.79 Å². The van der Waals surface area contributed by atoms with Crippen LogP contribution in [0, 0.1) is 0 Å². The first-order valence-corrected chi connectivity index (χ1v) is 30.6. The van der Waals surface area contributed by atoms with Gasteiger partial charge in [-0.2, -0.15) is 38.2 Å². The van der Waals surface area contributed by atoms with Crippen molar-refractivity contribution in [1.82, 2.24) is 5.06 Å². The first kappa shape index (κ1) is 60.5. The largest absolute Gasteiger partial charge is 0.385 e. The van der Waals surface area contributed by atoms with E-state index in [4.69, 9.17) is 23.8 Å². The molecule has 1 fully saturated rings. The predicted octanol–water partition coefficient (Wildman–Crippen LogP) is 6.22. The quantitative estimate of drug-likeness (QED) is 0.0258. The topological polar surface area (TPSA) is 324 Å². The minimum Gasteiger partial charge on any atom is -0.385 e. The molecule has 5 aromatic rings. The molecule has 0 aliphatic carbocycles. The van der Waals surface area contributed by atoms with Crippen LogP contribution in [0.25, 0.3) is 27.1 Å². The molecule has 2 amide bonds. The van der Waals surface area contributed by atoms with Crippen molar-refractivity contribution in [2.45, 2.75) is 69.9 Å². The van der Waals surface area contributed by atoms with Gasteiger partial charge < -0.3 is 28.7 Å². The number of methoxy groups -OCH3 is 4. The molecule has 4 N–H and O–H groups in total. The van der Waals surface area contributed by atoms with Crippen LogP contribution in [0.4, 0.5) is 11.4 Å². The van der Waals surface area contributed by atoms with E-state index < -0.39 is 88.7 Å². The Morgan fingerprint density at radius 3 is 1.64 bits per heavy atom. The molecular weight excluding hydrogens is 1140 g/mol. The molecule has 3 aliphatic heterocycles. The fraction of sp³-hybridized carbons (Fsp3) is 0.333. The van der Waals surface area contributed by atoms with E-state index in [2.05, 4.69) is 0 Å². The Hall–Kier alpha value is -6.60. The molecule has 2 unspecified atom stereocenters. The van der Waals surface area contributed by atoms with Crippen LogP contribution in [0.5, 0.6) is 0 Å². The van der Waals surface area contributed by atoms with Gasteiger partial charge in [0.25, 0.3) is 52.3 Å². The van der Waals surface area contributed by atoms with E-state index in [1.807, 2.05) is 23.3 Å². The van der Waals surface area contributed by atoms with E-state index in [1.165, 1.54) is 52.7 Å². The molecule has 3 aliphatic rings. The molecule has 432 valence electrons. The van der Waals surface area contributed by atoms with Gasteiger partial charge in [0.2, 0.25) is 5.69 Å². The summed E-state index contributed by atoms with van der Waals surface area (Å²) in [6.45, 7) is 4.52. The fourth-order valence-corrected chi connectivity index (χ4v) is 13.5. The van der Waals surface area contributed by atoms with Gasteiger partial charge in [0.05, 0.1) is 27.4 Å². The molecule has 8 rings (SSSR count). The Morgan fingerprint density at radius 2 is 1.12 bits per heavy atom. The maximum Gasteiger partial charge on any atom is 0.363 e. The molecule has 1 saturated heterocycles. The number of carbonyl (C=O) groups excluding carboxylic acids is 3. The second-order valence-electron chi connectivity index (χ2n) is 19.7. The van der Waals surface area contributed by atoms with Crippen LogP contribution >= 0.6 is 0 Å². The standard InChI is InChI=1S/C54H57N3O20S4/c1-53(21-25-73-3)46(55(23-27-75-5)42-15-13-38-40(50(42)53)29-36(78(61,62)63)31-44(38)80(67,68)69)17-11-34(33-7-9-35(10-8-33)52(60)77-57-48(58)19-20-49(57)59)12-18-47-54(2,22-26-74-4)51-41-30-37(79(64,65)66)32-45(81(70,71)72)39(41)14-16-43(51)56(47)24-28-76-6/h7-18,29-32H,19-28H2,1-6H3,(H3-,61,62,63,64,65,66,67,68,69,70,71,72)/p+1. The number of rotatable bonds is 22. The van der Waals surface area contributed by atoms with Gasteiger partial charge >= 0.3 is 5.97 Å². The average Bonchev–Trinajstić information content (AvgIpc) is 3.45. The highest BCUT2D eigenvalue weighted by atomic mass is 32.2. The van der Waals surface area contributed by atoms with Crippen molar-refractivity contribution in [3.8, 4) is 0 Å². The number of hydrogen-bond donors (Lipinski definition) is 4. The monoisotopic (exact) mass is 1200 g/mol. The fourth-order valence-electron chi connectivity index (χ4n) is 10.9. The number of benzene rings is 5. The molecule has 2 atom stereocenters. The second-order valence-corrected chi connectivity index (χ2v) is 25.3. The maximum atomic E-state index is 13.4. The van der Waals surface area contributed by atoms with Gasteiger partial charge in [0.15, 0.2) is 12.3 Å². The number of allylic oxidation sites excluding steroid dienone is 6. The number of anilines is 1. The first-order chi connectivity index (χ1) is 38.0. The molecule has 3 heterocycles. The first-order valence-electron chi connectivity index (χ1n) is 24.8. The summed E-state index contributed by atoms with van der Waals surface area (Å²) in [6, 6.07) is 15.7. The summed E-state index contributed by atoms with van der Waals surface area (Å²) in [7, 11) is -14.4. The van der Waals surface area contributed by atoms with E-state index in [1.54, 1.807) is 48.6 Å². The zero-order valence-electron chi connectivity index (χ0n) is 44.6. The van der Waals surface area contributed by atoms with Crippen LogP contribution < -0.4 is 4.90 Å². The van der Waals surface area contributed by atoms with Crippen molar-refractivity contribution in [1.29, 1.82) is 0 Å². The highest BCUT2D eigenvalue weighted by Crippen LogP contribution is 2.54. The van der Waals surface area contributed by atoms with Gasteiger partial charge in [0.1, 0.15) is 16.4 Å². The average molecular weight is 1200 g/mol. The zero-order chi connectivity index (χ0) is 59.2. The van der Waals surface area contributed by atoms with Crippen LogP contribution in [0.1, 0.15) is 66.6 Å². The second kappa shape index (κ2) is 23.0. The van der Waals surface area contributed by atoms with Crippen LogP contribution in [-0.2, 0) is 84.7 Å². The summed E-state index contributed by atoms with van der Waals surface area (Å²) in [4.78, 5) is 42.1. The Kier molecular flexibility index (Phi) is 17.2. The third-order valence-electron chi connectivity index (χ3n) is 14.8. The van der Waals surface area contributed by atoms with Crippen molar-refractivity contribution in [3.63, 3.8) is 0 Å². The molecule has 5 aromatic carbocycles. The molecule has 0 saturated carbocycles. The molecule has 27 heteroatoms. The van der Waals surface area contributed by atoms with Crippen molar-refractivity contribution >= 4 is 102 Å². The van der Waals surface area contributed by atoms with E-state index in [-0.39, 0.29) is 92.3 Å². The molecular formula is C54H58N3O20S4+. The summed E-state index contributed by atoms with van der Waals surface area (Å²) < 4.78 is 168. The predicted molar refractivity (Wildman–Crippen MR) is 294 cm³/mol. The van der Waals surface area contributed by atoms with Crippen molar-refractivity contribution in [2.24, 2.45) is 0 Å². The molecule has 0 bridgehead atoms. The van der Waals surface area contributed by atoms with Crippen LogP contribution in [-0.4, -0.2) is 153 Å². The van der Waals surface area contributed by atoms with Crippen molar-refractivity contribution in [2.75, 3.05) is 72.9 Å². The Balaban J connectivity index is 1.40. The van der Waals surface area contributed by atoms with Crippen LogP contribution in [0.2, 0.25) is 0 Å². The molecule has 81 heavy (non-hydrogen) atoms. The summed E-state index contributed by atoms with van der Waals surface area (Å²) in [5.41, 5.74) is 1.43. The Morgan fingerprint density at radius 1 is 0.617 bits per heavy atom. The number of imide groups is 1. The number of nitrogens with zero attached hydrogens (tertiary/aromatic N) is 3. The lowest BCUT2D eigenvalue weighted by Gasteiger charge is -2.30. The van der Waals surface area contributed by atoms with E-state index in [0.717, 1.165) is 12.1 Å². The number of amides is 2. The van der Waals surface area contributed by atoms with Crippen LogP contribution in [0.3, 0.4) is 0 Å². The van der Waals surface area contributed by atoms with Crippen molar-refractivity contribution < 1.29 is 94.6 Å². The Labute approximate surface area is 467 Å². The number of ether oxygens (including phenoxy) is 4. The maximum absolute atomic E-state index is 13.4. The minimum absolute atomic E-state index is 0.0311. The summed E-state index contributed by atoms with van der Waals surface area (Å²) in [5.74, 6) is -2.36. The normalized spacial score (nSPS) is 19.5. The van der Waals surface area contributed by atoms with E-state index in [9.17, 15) is 66.3 Å². The summed E-state index contributed by atoms with van der Waals surface area (Å²) >= 11 is 0. The van der Waals surface area contributed by atoms with Gasteiger partial charge in [-0.3, -0.25) is 27.8 Å². The number of hydroxylamine groups is 2. The minimum atomic E-state index is -5.09. The molecule has 0 radical (unpaired) electrons. The Bertz CT molecular complexity index is 4010. The lowest BCUT2D eigenvalue weighted by Crippen LogP contribution is -2.33. The molecule has 0 aromatic heterocycles. The summed E-state index contributed by atoms with van der Waals surface area (Å²) in [6.07, 6.45) is 7.17. The van der Waals surface area contributed by atoms with Crippen LogP contribution in [0.15, 0.2) is 122 Å². The van der Waals surface area contributed by atoms with Gasteiger partial charge in [-0.05, 0) is 115 Å². The van der Waals surface area contributed by atoms with Gasteiger partial charge in [-0.1, -0.05) is 24.3 Å². The lowest BCUT2D eigenvalue weighted by molar-refractivity contribution is -0.441. The smallest absolute Gasteiger partial charge is 0.363 e. The highest BCUT2D eigenvalue weighted by Gasteiger charge is 2.50. The number of carbonyl (C=O) groups is 3. The summed E-state index contributed by atoms with van der Waals surface area (Å²) in [5, 5.41) is 0.485.